The lowest BCUT2D eigenvalue weighted by atomic mass is 9.97. The predicted molar refractivity (Wildman–Crippen MR) is 82.2 cm³/mol. The van der Waals surface area contributed by atoms with Gasteiger partial charge in [-0.3, -0.25) is 4.68 Å². The first-order chi connectivity index (χ1) is 10.0. The van der Waals surface area contributed by atoms with Crippen LogP contribution < -0.4 is 10.1 Å². The first-order valence-electron chi connectivity index (χ1n) is 7.54. The van der Waals surface area contributed by atoms with Gasteiger partial charge in [0, 0.05) is 6.54 Å². The number of nitrogens with one attached hydrogen (secondary N) is 1. The van der Waals surface area contributed by atoms with Crippen molar-refractivity contribution >= 4 is 9.84 Å². The Bertz CT molecular complexity index is 547. The number of nitrogens with zero attached hydrogens (tertiary/aromatic N) is 2. The maximum atomic E-state index is 11.7. The van der Waals surface area contributed by atoms with Crippen molar-refractivity contribution in [2.24, 2.45) is 5.92 Å². The van der Waals surface area contributed by atoms with Crippen LogP contribution in [0.1, 0.15) is 38.4 Å². The first kappa shape index (κ1) is 16.3. The summed E-state index contributed by atoms with van der Waals surface area (Å²) in [4.78, 5) is 0. The van der Waals surface area contributed by atoms with Gasteiger partial charge in [0.2, 0.25) is 0 Å². The van der Waals surface area contributed by atoms with Crippen LogP contribution in [0.15, 0.2) is 6.20 Å². The monoisotopic (exact) mass is 315 g/mol. The molecule has 0 amide bonds. The van der Waals surface area contributed by atoms with Crippen molar-refractivity contribution in [2.75, 3.05) is 25.2 Å². The third-order valence-corrected chi connectivity index (χ3v) is 5.88. The molecule has 1 N–H and O–H groups in total. The minimum atomic E-state index is -2.84. The van der Waals surface area contributed by atoms with Crippen molar-refractivity contribution < 1.29 is 13.2 Å². The van der Waals surface area contributed by atoms with Gasteiger partial charge in [0.05, 0.1) is 36.5 Å². The Hall–Kier alpha value is -1.08. The number of rotatable bonds is 7. The van der Waals surface area contributed by atoms with E-state index in [2.05, 4.69) is 17.3 Å². The average Bonchev–Trinajstić information content (AvgIpc) is 3.00. The van der Waals surface area contributed by atoms with Gasteiger partial charge < -0.3 is 10.1 Å². The molecule has 6 nitrogen and oxygen atoms in total. The van der Waals surface area contributed by atoms with E-state index in [1.165, 1.54) is 0 Å². The van der Waals surface area contributed by atoms with E-state index in [9.17, 15) is 8.42 Å². The number of hydrogen-bond acceptors (Lipinski definition) is 5. The van der Waals surface area contributed by atoms with Crippen LogP contribution in [0.3, 0.4) is 0 Å². The Kier molecular flexibility index (Phi) is 5.27. The fourth-order valence-corrected chi connectivity index (χ4v) is 4.95. The van der Waals surface area contributed by atoms with Crippen molar-refractivity contribution in [1.82, 2.24) is 15.1 Å². The summed E-state index contributed by atoms with van der Waals surface area (Å²) in [5.74, 6) is 1.60. The molecule has 1 aromatic heterocycles. The fraction of sp³-hybridized carbons (Fsp3) is 0.786. The Balaban J connectivity index is 2.21. The second kappa shape index (κ2) is 6.79. The molecule has 0 saturated carbocycles. The molecule has 1 aromatic rings. The molecule has 1 fully saturated rings. The minimum Gasteiger partial charge on any atom is -0.493 e. The Morgan fingerprint density at radius 3 is 2.81 bits per heavy atom. The van der Waals surface area contributed by atoms with Gasteiger partial charge in [-0.05, 0) is 32.2 Å². The molecule has 0 aromatic carbocycles. The van der Waals surface area contributed by atoms with Crippen molar-refractivity contribution in [3.05, 3.63) is 11.9 Å². The molecule has 0 aliphatic carbocycles. The quantitative estimate of drug-likeness (QED) is 0.823. The van der Waals surface area contributed by atoms with E-state index in [0.29, 0.717) is 11.5 Å². The molecule has 0 radical (unpaired) electrons. The van der Waals surface area contributed by atoms with Gasteiger partial charge in [0.1, 0.15) is 0 Å². The van der Waals surface area contributed by atoms with Crippen LogP contribution in [0.25, 0.3) is 0 Å². The second-order valence-corrected chi connectivity index (χ2v) is 7.76. The van der Waals surface area contributed by atoms with Crippen LogP contribution in [0.5, 0.6) is 5.75 Å². The highest BCUT2D eigenvalue weighted by Crippen LogP contribution is 2.33. The summed E-state index contributed by atoms with van der Waals surface area (Å²) in [5, 5.41) is 7.80. The van der Waals surface area contributed by atoms with E-state index in [-0.39, 0.29) is 12.0 Å². The molecule has 1 aliphatic heterocycles. The lowest BCUT2D eigenvalue weighted by molar-refractivity contribution is 0.365. The number of sulfone groups is 1. The van der Waals surface area contributed by atoms with Gasteiger partial charge >= 0.3 is 0 Å². The summed E-state index contributed by atoms with van der Waals surface area (Å²) in [7, 11) is -1.20. The van der Waals surface area contributed by atoms with Crippen LogP contribution >= 0.6 is 0 Å². The molecule has 21 heavy (non-hydrogen) atoms. The third kappa shape index (κ3) is 3.77. The largest absolute Gasteiger partial charge is 0.493 e. The van der Waals surface area contributed by atoms with E-state index in [4.69, 9.17) is 4.74 Å². The van der Waals surface area contributed by atoms with E-state index in [1.807, 2.05) is 11.6 Å². The van der Waals surface area contributed by atoms with Crippen molar-refractivity contribution in [1.29, 1.82) is 0 Å². The molecule has 2 heterocycles. The van der Waals surface area contributed by atoms with Crippen molar-refractivity contribution in [3.63, 3.8) is 0 Å². The number of aryl methyl sites for hydroxylation is 1. The SMILES string of the molecule is CCNC(CC1CCS(=O)(=O)C1)c1c(OC)cnn1CC. The summed E-state index contributed by atoms with van der Waals surface area (Å²) >= 11 is 0. The van der Waals surface area contributed by atoms with E-state index in [0.717, 1.165) is 37.4 Å². The average molecular weight is 315 g/mol. The highest BCUT2D eigenvalue weighted by molar-refractivity contribution is 7.91. The van der Waals surface area contributed by atoms with Crippen LogP contribution in [0.4, 0.5) is 0 Å². The predicted octanol–water partition coefficient (Wildman–Crippen LogP) is 1.39. The second-order valence-electron chi connectivity index (χ2n) is 5.53. The van der Waals surface area contributed by atoms with Gasteiger partial charge in [-0.1, -0.05) is 6.92 Å². The lowest BCUT2D eigenvalue weighted by Crippen LogP contribution is -2.27. The molecule has 0 bridgehead atoms. The molecule has 0 spiro atoms. The molecule has 1 aliphatic rings. The Morgan fingerprint density at radius 2 is 2.29 bits per heavy atom. The number of ether oxygens (including phenoxy) is 1. The number of aromatic nitrogens is 2. The number of hydrogen-bond donors (Lipinski definition) is 1. The lowest BCUT2D eigenvalue weighted by Gasteiger charge is -2.22. The van der Waals surface area contributed by atoms with Crippen LogP contribution in [-0.4, -0.2) is 43.4 Å². The Labute approximate surface area is 126 Å². The summed E-state index contributed by atoms with van der Waals surface area (Å²) in [6.07, 6.45) is 3.29. The zero-order chi connectivity index (χ0) is 15.5. The summed E-state index contributed by atoms with van der Waals surface area (Å²) in [5.41, 5.74) is 1.02. The molecular weight excluding hydrogens is 290 g/mol. The molecule has 7 heteroatoms. The minimum absolute atomic E-state index is 0.0747. The fourth-order valence-electron chi connectivity index (χ4n) is 3.07. The molecule has 2 atom stereocenters. The standard InChI is InChI=1S/C14H25N3O3S/c1-4-15-12(8-11-6-7-21(18,19)10-11)14-13(20-3)9-16-17(14)5-2/h9,11-12,15H,4-8,10H2,1-3H3. The number of methoxy groups -OCH3 is 1. The molecule has 120 valence electrons. The van der Waals surface area contributed by atoms with E-state index >= 15 is 0 Å². The summed E-state index contributed by atoms with van der Waals surface area (Å²) in [6, 6.07) is 0.0747. The van der Waals surface area contributed by atoms with E-state index in [1.54, 1.807) is 13.3 Å². The highest BCUT2D eigenvalue weighted by Gasteiger charge is 2.32. The molecule has 1 saturated heterocycles. The zero-order valence-corrected chi connectivity index (χ0v) is 13.8. The van der Waals surface area contributed by atoms with Gasteiger partial charge in [-0.2, -0.15) is 5.10 Å². The van der Waals surface area contributed by atoms with Gasteiger partial charge in [-0.15, -0.1) is 0 Å². The van der Waals surface area contributed by atoms with E-state index < -0.39 is 9.84 Å². The Morgan fingerprint density at radius 1 is 1.52 bits per heavy atom. The maximum absolute atomic E-state index is 11.7. The van der Waals surface area contributed by atoms with Crippen molar-refractivity contribution in [3.8, 4) is 5.75 Å². The molecule has 2 rings (SSSR count). The van der Waals surface area contributed by atoms with Gasteiger partial charge in [-0.25, -0.2) is 8.42 Å². The van der Waals surface area contributed by atoms with Gasteiger partial charge in [0.25, 0.3) is 0 Å². The smallest absolute Gasteiger partial charge is 0.161 e. The summed E-state index contributed by atoms with van der Waals surface area (Å²) < 4.78 is 30.6. The van der Waals surface area contributed by atoms with Gasteiger partial charge in [0.15, 0.2) is 15.6 Å². The van der Waals surface area contributed by atoms with Crippen LogP contribution in [-0.2, 0) is 16.4 Å². The molecule has 2 unspecified atom stereocenters. The van der Waals surface area contributed by atoms with Crippen molar-refractivity contribution in [2.45, 2.75) is 39.3 Å². The first-order valence-corrected chi connectivity index (χ1v) is 9.36. The van der Waals surface area contributed by atoms with Crippen LogP contribution in [0, 0.1) is 5.92 Å². The highest BCUT2D eigenvalue weighted by atomic mass is 32.2. The normalized spacial score (nSPS) is 22.3. The molecular formula is C14H25N3O3S. The topological polar surface area (TPSA) is 73.2 Å². The maximum Gasteiger partial charge on any atom is 0.161 e. The summed E-state index contributed by atoms with van der Waals surface area (Å²) in [6.45, 7) is 5.68. The zero-order valence-electron chi connectivity index (χ0n) is 13.0. The third-order valence-electron chi connectivity index (χ3n) is 4.04. The van der Waals surface area contributed by atoms with Crippen LogP contribution in [0.2, 0.25) is 0 Å².